The first-order chi connectivity index (χ1) is 20.5. The topological polar surface area (TPSA) is 80.2 Å². The van der Waals surface area contributed by atoms with Gasteiger partial charge in [0.15, 0.2) is 11.6 Å². The molecular formula is C34H32Br2N2O4. The number of hydrogen-bond donors (Lipinski definition) is 2. The van der Waals surface area contributed by atoms with Crippen molar-refractivity contribution < 1.29 is 19.4 Å². The highest BCUT2D eigenvalue weighted by molar-refractivity contribution is 9.10. The second-order valence-corrected chi connectivity index (χ2v) is 11.9. The van der Waals surface area contributed by atoms with Crippen molar-refractivity contribution in [2.24, 2.45) is 4.99 Å². The summed E-state index contributed by atoms with van der Waals surface area (Å²) in [6, 6.07) is 33.3. The minimum atomic E-state index is -1.26. The van der Waals surface area contributed by atoms with Crippen LogP contribution in [0.5, 0.6) is 5.75 Å². The molecule has 0 unspecified atom stereocenters. The minimum Gasteiger partial charge on any atom is -0.494 e. The van der Waals surface area contributed by atoms with Crippen LogP contribution >= 0.6 is 31.9 Å². The van der Waals surface area contributed by atoms with Gasteiger partial charge in [-0.1, -0.05) is 92.5 Å². The molecule has 1 aliphatic rings. The van der Waals surface area contributed by atoms with E-state index in [9.17, 15) is 4.79 Å². The zero-order valence-electron chi connectivity index (χ0n) is 23.0. The number of aliphatic hydroxyl groups excluding tert-OH is 1. The lowest BCUT2D eigenvalue weighted by molar-refractivity contribution is -0.128. The van der Waals surface area contributed by atoms with Crippen LogP contribution in [0, 0.1) is 0 Å². The van der Waals surface area contributed by atoms with Crippen LogP contribution in [0.25, 0.3) is 0 Å². The minimum absolute atomic E-state index is 0.0766. The Labute approximate surface area is 263 Å². The summed E-state index contributed by atoms with van der Waals surface area (Å²) in [7, 11) is 0. The van der Waals surface area contributed by atoms with Gasteiger partial charge in [0.05, 0.1) is 6.61 Å². The van der Waals surface area contributed by atoms with E-state index in [0.717, 1.165) is 31.2 Å². The second-order valence-electron chi connectivity index (χ2n) is 10.1. The summed E-state index contributed by atoms with van der Waals surface area (Å²) in [6.07, 6.45) is 0.933. The highest BCUT2D eigenvalue weighted by atomic mass is 79.9. The number of carbonyl (C=O) groups excluding carboxylic acids is 1. The van der Waals surface area contributed by atoms with E-state index in [1.54, 1.807) is 0 Å². The highest BCUT2D eigenvalue weighted by Gasteiger charge is 2.53. The average Bonchev–Trinajstić information content (AvgIpc) is 3.40. The van der Waals surface area contributed by atoms with E-state index < -0.39 is 11.6 Å². The fourth-order valence-corrected chi connectivity index (χ4v) is 5.66. The number of nitrogens with zero attached hydrogens (tertiary/aromatic N) is 1. The summed E-state index contributed by atoms with van der Waals surface area (Å²) < 4.78 is 14.2. The largest absolute Gasteiger partial charge is 0.494 e. The molecule has 2 N–H and O–H groups in total. The van der Waals surface area contributed by atoms with Crippen molar-refractivity contribution in [1.29, 1.82) is 0 Å². The molecule has 1 amide bonds. The Morgan fingerprint density at radius 2 is 1.64 bits per heavy atom. The van der Waals surface area contributed by atoms with Crippen molar-refractivity contribution >= 4 is 43.7 Å². The molecular weight excluding hydrogens is 660 g/mol. The van der Waals surface area contributed by atoms with E-state index in [4.69, 9.17) is 19.6 Å². The lowest BCUT2D eigenvalue weighted by Crippen LogP contribution is -2.50. The zero-order chi connectivity index (χ0) is 29.4. The molecule has 8 heteroatoms. The van der Waals surface area contributed by atoms with Crippen LogP contribution in [0.15, 0.2) is 117 Å². The van der Waals surface area contributed by atoms with E-state index in [1.165, 1.54) is 0 Å². The van der Waals surface area contributed by atoms with Gasteiger partial charge in [0.1, 0.15) is 5.75 Å². The summed E-state index contributed by atoms with van der Waals surface area (Å²) in [5.74, 6) is 0.893. The Balaban J connectivity index is 1.52. The molecule has 0 spiro atoms. The van der Waals surface area contributed by atoms with Crippen LogP contribution in [0.2, 0.25) is 0 Å². The molecule has 4 aromatic rings. The van der Waals surface area contributed by atoms with Crippen LogP contribution in [0.4, 0.5) is 0 Å². The van der Waals surface area contributed by atoms with Crippen molar-refractivity contribution in [3.8, 4) is 5.75 Å². The molecule has 1 aliphatic heterocycles. The molecule has 0 bridgehead atoms. The number of aliphatic imine (C=N–C) groups is 1. The summed E-state index contributed by atoms with van der Waals surface area (Å²) in [6.45, 7) is 0.975. The fraction of sp³-hybridized carbons (Fsp3) is 0.235. The Morgan fingerprint density at radius 1 is 0.929 bits per heavy atom. The molecule has 0 radical (unpaired) electrons. The van der Waals surface area contributed by atoms with Crippen LogP contribution in [0.1, 0.15) is 34.8 Å². The molecule has 5 rings (SSSR count). The van der Waals surface area contributed by atoms with E-state index in [-0.39, 0.29) is 12.5 Å². The van der Waals surface area contributed by atoms with Gasteiger partial charge in [-0.2, -0.15) is 0 Å². The van der Waals surface area contributed by atoms with Crippen molar-refractivity contribution in [2.45, 2.75) is 30.9 Å². The normalized spacial score (nSPS) is 17.8. The van der Waals surface area contributed by atoms with Gasteiger partial charge >= 0.3 is 0 Å². The monoisotopic (exact) mass is 690 g/mol. The van der Waals surface area contributed by atoms with Gasteiger partial charge < -0.3 is 19.9 Å². The van der Waals surface area contributed by atoms with Crippen molar-refractivity contribution in [2.75, 3.05) is 19.8 Å². The number of halogens is 2. The fourth-order valence-electron chi connectivity index (χ4n) is 4.97. The maximum absolute atomic E-state index is 14.3. The second kappa shape index (κ2) is 14.1. The quantitative estimate of drug-likeness (QED) is 0.160. The molecule has 4 aromatic carbocycles. The van der Waals surface area contributed by atoms with Crippen molar-refractivity contribution in [3.63, 3.8) is 0 Å². The lowest BCUT2D eigenvalue weighted by atomic mass is 9.82. The Hall–Kier alpha value is -3.46. The molecule has 0 saturated heterocycles. The first kappa shape index (κ1) is 30.0. The molecule has 216 valence electrons. The summed E-state index contributed by atoms with van der Waals surface area (Å²) >= 11 is 7.21. The molecule has 1 heterocycles. The Kier molecular flexibility index (Phi) is 10.1. The SMILES string of the molecule is O=C(NCCc1ccccc1)[C@]1(Cc2ccccc2Br)N=C(c2ccc(OCCCO)cc2)O[C@@H]1c1ccc(Br)cc1. The van der Waals surface area contributed by atoms with E-state index in [0.29, 0.717) is 44.1 Å². The van der Waals surface area contributed by atoms with E-state index in [2.05, 4.69) is 49.3 Å². The third kappa shape index (κ3) is 7.12. The zero-order valence-corrected chi connectivity index (χ0v) is 26.2. The number of rotatable bonds is 12. The smallest absolute Gasteiger partial charge is 0.252 e. The van der Waals surface area contributed by atoms with Gasteiger partial charge in [-0.05, 0) is 65.6 Å². The van der Waals surface area contributed by atoms with Crippen LogP contribution in [-0.4, -0.2) is 42.2 Å². The third-order valence-corrected chi connectivity index (χ3v) is 8.46. The molecule has 0 fully saturated rings. The maximum atomic E-state index is 14.3. The number of amides is 1. The molecule has 0 saturated carbocycles. The van der Waals surface area contributed by atoms with Crippen LogP contribution < -0.4 is 10.1 Å². The molecule has 0 aliphatic carbocycles. The number of hydrogen-bond acceptors (Lipinski definition) is 5. The number of aliphatic hydroxyl groups is 1. The van der Waals surface area contributed by atoms with Crippen molar-refractivity contribution in [1.82, 2.24) is 5.32 Å². The standard InChI is InChI=1S/C34H32Br2N2O4/c35-28-15-11-25(12-16-28)31-34(23-27-9-4-5-10-30(27)36,33(40)37-20-19-24-7-2-1-3-8-24)38-32(42-31)26-13-17-29(18-14-26)41-22-6-21-39/h1-5,7-18,31,39H,6,19-23H2,(H,37,40)/t31-,34-/m1/s1. The lowest BCUT2D eigenvalue weighted by Gasteiger charge is -2.31. The predicted molar refractivity (Wildman–Crippen MR) is 172 cm³/mol. The Bertz CT molecular complexity index is 1510. The first-order valence-electron chi connectivity index (χ1n) is 13.9. The van der Waals surface area contributed by atoms with E-state index >= 15 is 0 Å². The summed E-state index contributed by atoms with van der Waals surface area (Å²) in [5.41, 5.74) is 2.44. The van der Waals surface area contributed by atoms with Crippen molar-refractivity contribution in [3.05, 3.63) is 134 Å². The Morgan fingerprint density at radius 3 is 2.36 bits per heavy atom. The number of carbonyl (C=O) groups is 1. The molecule has 2 atom stereocenters. The summed E-state index contributed by atoms with van der Waals surface area (Å²) in [4.78, 5) is 19.5. The highest BCUT2D eigenvalue weighted by Crippen LogP contribution is 2.43. The molecule has 6 nitrogen and oxygen atoms in total. The van der Waals surface area contributed by atoms with Gasteiger partial charge in [-0.3, -0.25) is 4.79 Å². The molecule has 0 aromatic heterocycles. The van der Waals surface area contributed by atoms with Gasteiger partial charge in [-0.15, -0.1) is 0 Å². The molecule has 42 heavy (non-hydrogen) atoms. The number of ether oxygens (including phenoxy) is 2. The maximum Gasteiger partial charge on any atom is 0.252 e. The van der Waals surface area contributed by atoms with Gasteiger partial charge in [-0.25, -0.2) is 4.99 Å². The van der Waals surface area contributed by atoms with E-state index in [1.807, 2.05) is 91.0 Å². The summed E-state index contributed by atoms with van der Waals surface area (Å²) in [5, 5.41) is 12.2. The predicted octanol–water partition coefficient (Wildman–Crippen LogP) is 6.83. The number of nitrogens with one attached hydrogen (secondary N) is 1. The van der Waals surface area contributed by atoms with Crippen LogP contribution in [0.3, 0.4) is 0 Å². The average molecular weight is 692 g/mol. The third-order valence-electron chi connectivity index (χ3n) is 7.16. The van der Waals surface area contributed by atoms with Crippen LogP contribution in [-0.2, 0) is 22.4 Å². The first-order valence-corrected chi connectivity index (χ1v) is 15.5. The van der Waals surface area contributed by atoms with Gasteiger partial charge in [0.2, 0.25) is 5.90 Å². The number of benzene rings is 4. The van der Waals surface area contributed by atoms with Gasteiger partial charge in [0, 0.05) is 40.5 Å². The van der Waals surface area contributed by atoms with Gasteiger partial charge in [0.25, 0.3) is 5.91 Å².